The van der Waals surface area contributed by atoms with Crippen LogP contribution in [0.5, 0.6) is 0 Å². The Kier molecular flexibility index (Phi) is 25.4. The largest absolute Gasteiger partial charge is 0.478 e. The molecule has 446 valence electrons. The van der Waals surface area contributed by atoms with E-state index in [4.69, 9.17) is 9.23 Å². The van der Waals surface area contributed by atoms with Gasteiger partial charge in [-0.1, -0.05) is 133 Å². The van der Waals surface area contributed by atoms with Crippen molar-refractivity contribution in [2.75, 3.05) is 0 Å². The fraction of sp³-hybridized carbons (Fsp3) is 0.400. The summed E-state index contributed by atoms with van der Waals surface area (Å²) in [6, 6.07) is 23.7. The smallest absolute Gasteiger partial charge is 0.470 e. The summed E-state index contributed by atoms with van der Waals surface area (Å²) in [7, 11) is -3.65. The number of nitrogens with one attached hydrogen (secondary N) is 6. The lowest BCUT2D eigenvalue weighted by molar-refractivity contribution is -0.124. The van der Waals surface area contributed by atoms with Gasteiger partial charge < -0.3 is 51.2 Å². The zero-order valence-electron chi connectivity index (χ0n) is 49.4. The summed E-state index contributed by atoms with van der Waals surface area (Å²) in [4.78, 5) is 110. The molecule has 0 bridgehead atoms. The van der Waals surface area contributed by atoms with E-state index >= 15 is 4.79 Å². The topological polar surface area (TPSA) is 311 Å². The molecule has 6 amide bonds. The second kappa shape index (κ2) is 32.7. The fourth-order valence-corrected chi connectivity index (χ4v) is 9.70. The van der Waals surface area contributed by atoms with Crippen molar-refractivity contribution in [2.24, 2.45) is 17.8 Å². The van der Waals surface area contributed by atoms with Gasteiger partial charge in [-0.15, -0.1) is 0 Å². The van der Waals surface area contributed by atoms with Crippen molar-refractivity contribution >= 4 is 56.6 Å². The van der Waals surface area contributed by atoms with Gasteiger partial charge in [0, 0.05) is 62.4 Å². The first-order valence-electron chi connectivity index (χ1n) is 28.6. The number of carbonyl (C=O) groups excluding carboxylic acids is 6. The molecule has 22 nitrogen and oxygen atoms in total. The third-order valence-electron chi connectivity index (χ3n) is 13.7. The first kappa shape index (κ1) is 65.9. The van der Waals surface area contributed by atoms with Crippen LogP contribution in [-0.2, 0) is 42.9 Å². The third-order valence-corrected chi connectivity index (χ3v) is 13.7. The van der Waals surface area contributed by atoms with Crippen molar-refractivity contribution in [2.45, 2.75) is 135 Å². The molecule has 0 aliphatic heterocycles. The molecule has 6 rings (SSSR count). The Morgan fingerprint density at radius 1 is 0.447 bits per heavy atom. The number of nitrogens with zero attached hydrogens (tertiary/aromatic N) is 6. The van der Waals surface area contributed by atoms with Crippen LogP contribution in [0, 0.1) is 17.8 Å². The van der Waals surface area contributed by atoms with Crippen LogP contribution < -0.4 is 31.9 Å². The summed E-state index contributed by atoms with van der Waals surface area (Å²) < 4.78 is 13.5. The van der Waals surface area contributed by atoms with Gasteiger partial charge in [-0.25, -0.2) is 15.0 Å². The van der Waals surface area contributed by atoms with E-state index in [1.54, 1.807) is 26.0 Å². The van der Waals surface area contributed by atoms with E-state index in [1.807, 2.05) is 120 Å². The normalized spacial score (nSPS) is 13.5. The summed E-state index contributed by atoms with van der Waals surface area (Å²) in [5, 5.41) is 42.5. The number of aromatic nitrogens is 6. The van der Waals surface area contributed by atoms with Crippen molar-refractivity contribution in [3.05, 3.63) is 181 Å². The van der Waals surface area contributed by atoms with Crippen LogP contribution in [0.4, 0.5) is 0 Å². The molecule has 3 aromatic carbocycles. The zero-order valence-corrected chi connectivity index (χ0v) is 49.4. The highest BCUT2D eigenvalue weighted by Gasteiger charge is 2.50. The van der Waals surface area contributed by atoms with Crippen molar-refractivity contribution in [3.8, 4) is 0 Å². The summed E-state index contributed by atoms with van der Waals surface area (Å²) in [6.07, 6.45) is 12.8. The molecule has 25 heteroatoms. The van der Waals surface area contributed by atoms with E-state index < -0.39 is 98.0 Å². The lowest BCUT2D eigenvalue weighted by Crippen LogP contribution is -2.67. The summed E-state index contributed by atoms with van der Waals surface area (Å²) in [5.74, 6) is -7.74. The SMILES string of the molecule is CC(C)CC(NC(=O)C(Cc1ccccc1)NC(=O)c1cnccn1)B(O)OB(C(CC(C)C)NC(=O)C(Cc1ccccc1)NC(=O)c1cnccn1)C(C)(C)OB(O)C(CC(C)C)NC(=O)C(Cc1ccccc1)NC(=O)c1cnccn1. The van der Waals surface area contributed by atoms with Gasteiger partial charge in [-0.3, -0.25) is 43.7 Å². The van der Waals surface area contributed by atoms with Crippen LogP contribution in [0.3, 0.4) is 0 Å². The monoisotopic (exact) mass is 1160 g/mol. The average Bonchev–Trinajstić information content (AvgIpc) is 3.17. The molecule has 8 N–H and O–H groups in total. The molecule has 0 saturated heterocycles. The van der Waals surface area contributed by atoms with Gasteiger partial charge in [-0.2, -0.15) is 0 Å². The Labute approximate surface area is 498 Å². The quantitative estimate of drug-likeness (QED) is 0.0277. The highest BCUT2D eigenvalue weighted by atomic mass is 16.6. The minimum atomic E-state index is -1.85. The molecule has 0 aliphatic rings. The molecule has 85 heavy (non-hydrogen) atoms. The van der Waals surface area contributed by atoms with Gasteiger partial charge >= 0.3 is 21.2 Å². The minimum Gasteiger partial charge on any atom is -0.470 e. The standard InChI is InChI=1S/C60H77B3N12O10/c1-39(2)30-51(73-54(76)45(33-42-18-12-9-13-19-42)70-57(79)48-36-64-24-27-67-48)61(85-63(83)53(32-41(5)6)75-56(78)47(35-44-22-16-11-17-23-44)72-59(81)50-38-66-26-29-69-50)60(7,8)84-62(82)52(31-40(3)4)74-55(77)46(34-43-20-14-10-15-21-43)71-58(80)49-37-65-25-28-68-49/h9-29,36-41,45-47,51-53,82-83H,30-35H2,1-8H3,(H,70,79)(H,71,80)(H,72,81)(H,73,76)(H,74,77)(H,75,78). The Hall–Kier alpha value is -8.25. The van der Waals surface area contributed by atoms with E-state index in [-0.39, 0.29) is 73.4 Å². The molecule has 0 saturated carbocycles. The number of hydrogen-bond acceptors (Lipinski definition) is 16. The average molecular weight is 1160 g/mol. The van der Waals surface area contributed by atoms with E-state index in [9.17, 15) is 34.0 Å². The van der Waals surface area contributed by atoms with Crippen molar-refractivity contribution in [1.82, 2.24) is 61.8 Å². The maximum atomic E-state index is 15.0. The Morgan fingerprint density at radius 3 is 1.06 bits per heavy atom. The molecule has 0 spiro atoms. The van der Waals surface area contributed by atoms with Crippen molar-refractivity contribution in [1.29, 1.82) is 0 Å². The number of carbonyl (C=O) groups is 6. The van der Waals surface area contributed by atoms with Crippen LogP contribution in [0.1, 0.15) is 123 Å². The summed E-state index contributed by atoms with van der Waals surface area (Å²) >= 11 is 0. The molecular weight excluding hydrogens is 1080 g/mol. The third kappa shape index (κ3) is 21.4. The predicted octanol–water partition coefficient (Wildman–Crippen LogP) is 3.99. The molecule has 3 aromatic heterocycles. The molecule has 3 heterocycles. The molecule has 0 radical (unpaired) electrons. The van der Waals surface area contributed by atoms with Gasteiger partial charge in [0.25, 0.3) is 17.7 Å². The molecule has 0 fully saturated rings. The van der Waals surface area contributed by atoms with Crippen molar-refractivity contribution in [3.63, 3.8) is 0 Å². The maximum absolute atomic E-state index is 15.0. The van der Waals surface area contributed by atoms with Gasteiger partial charge in [-0.05, 0) is 67.6 Å². The first-order chi connectivity index (χ1) is 40.6. The van der Waals surface area contributed by atoms with Gasteiger partial charge in [0.15, 0.2) is 0 Å². The predicted molar refractivity (Wildman–Crippen MR) is 322 cm³/mol. The van der Waals surface area contributed by atoms with Crippen LogP contribution >= 0.6 is 0 Å². The number of amides is 6. The van der Waals surface area contributed by atoms with E-state index in [2.05, 4.69) is 61.8 Å². The van der Waals surface area contributed by atoms with Crippen LogP contribution in [0.2, 0.25) is 0 Å². The van der Waals surface area contributed by atoms with Crippen molar-refractivity contribution < 1.29 is 48.0 Å². The molecule has 6 aromatic rings. The maximum Gasteiger partial charge on any atom is 0.478 e. The summed E-state index contributed by atoms with van der Waals surface area (Å²) in [5.41, 5.74) is 0.421. The number of rotatable bonds is 32. The highest BCUT2D eigenvalue weighted by Crippen LogP contribution is 2.26. The molecule has 6 unspecified atom stereocenters. The Bertz CT molecular complexity index is 3040. The molecular formula is C60H77B3N12O10. The Morgan fingerprint density at radius 2 is 0.753 bits per heavy atom. The Balaban J connectivity index is 1.37. The zero-order chi connectivity index (χ0) is 61.5. The molecule has 0 aliphatic carbocycles. The number of hydrogen-bond donors (Lipinski definition) is 8. The van der Waals surface area contributed by atoms with E-state index in [0.29, 0.717) is 0 Å². The van der Waals surface area contributed by atoms with Crippen LogP contribution in [-0.4, -0.2) is 138 Å². The highest BCUT2D eigenvalue weighted by molar-refractivity contribution is 6.67. The van der Waals surface area contributed by atoms with Crippen LogP contribution in [0.25, 0.3) is 0 Å². The van der Waals surface area contributed by atoms with E-state index in [0.717, 1.165) is 16.7 Å². The van der Waals surface area contributed by atoms with Crippen LogP contribution in [0.15, 0.2) is 147 Å². The lowest BCUT2D eigenvalue weighted by Gasteiger charge is -2.41. The molecule has 6 atom stereocenters. The first-order valence-corrected chi connectivity index (χ1v) is 28.6. The van der Waals surface area contributed by atoms with Gasteiger partial charge in [0.05, 0.1) is 36.0 Å². The van der Waals surface area contributed by atoms with Gasteiger partial charge in [0.1, 0.15) is 35.2 Å². The second-order valence-corrected chi connectivity index (χ2v) is 22.7. The summed E-state index contributed by atoms with van der Waals surface area (Å²) in [6.45, 7) is 13.2. The van der Waals surface area contributed by atoms with Gasteiger partial charge in [0.2, 0.25) is 17.7 Å². The second-order valence-electron chi connectivity index (χ2n) is 22.7. The lowest BCUT2D eigenvalue weighted by atomic mass is 9.44. The van der Waals surface area contributed by atoms with E-state index in [1.165, 1.54) is 55.8 Å². The fourth-order valence-electron chi connectivity index (χ4n) is 9.70. The minimum absolute atomic E-state index is 0.0138. The number of benzene rings is 3.